The van der Waals surface area contributed by atoms with Crippen molar-refractivity contribution in [2.45, 2.75) is 67.2 Å². The third-order valence-electron chi connectivity index (χ3n) is 1.50. The third kappa shape index (κ3) is 32.6. The van der Waals surface area contributed by atoms with Gasteiger partial charge >= 0.3 is 17.1 Å². The normalized spacial score (nSPS) is 9.23. The van der Waals surface area contributed by atoms with E-state index in [2.05, 4.69) is 41.5 Å². The summed E-state index contributed by atoms with van der Waals surface area (Å²) in [6, 6.07) is 0. The third-order valence-corrected chi connectivity index (χ3v) is 1.50. The predicted molar refractivity (Wildman–Crippen MR) is 59.0 cm³/mol. The molecule has 0 aromatic heterocycles. The van der Waals surface area contributed by atoms with Crippen LogP contribution in [0, 0.1) is 11.8 Å². The van der Waals surface area contributed by atoms with Gasteiger partial charge in [-0.1, -0.05) is 26.7 Å². The molecule has 0 saturated carbocycles. The topological polar surface area (TPSA) is 0 Å². The van der Waals surface area contributed by atoms with Crippen LogP contribution in [0.4, 0.5) is 0 Å². The van der Waals surface area contributed by atoms with E-state index in [9.17, 15) is 0 Å². The van der Waals surface area contributed by atoms with Crippen molar-refractivity contribution in [3.8, 4) is 0 Å². The zero-order chi connectivity index (χ0) is 9.98. The SMILES string of the molecule is CCC[C-](C)C.CCC[C-](C)C.[Cu+2]. The summed E-state index contributed by atoms with van der Waals surface area (Å²) >= 11 is 0. The average molecular weight is 234 g/mol. The summed E-state index contributed by atoms with van der Waals surface area (Å²) in [5, 5.41) is 0. The van der Waals surface area contributed by atoms with Gasteiger partial charge in [0, 0.05) is 0 Å². The minimum absolute atomic E-state index is 0. The first-order valence-corrected chi connectivity index (χ1v) is 5.12. The monoisotopic (exact) mass is 233 g/mol. The van der Waals surface area contributed by atoms with Crippen LogP contribution < -0.4 is 0 Å². The molecule has 0 rings (SSSR count). The van der Waals surface area contributed by atoms with Crippen molar-refractivity contribution in [1.29, 1.82) is 0 Å². The first kappa shape index (κ1) is 19.1. The molecule has 0 aliphatic heterocycles. The van der Waals surface area contributed by atoms with Gasteiger partial charge < -0.3 is 11.8 Å². The fourth-order valence-electron chi connectivity index (χ4n) is 1.000. The van der Waals surface area contributed by atoms with E-state index >= 15 is 0 Å². The van der Waals surface area contributed by atoms with Crippen molar-refractivity contribution >= 4 is 0 Å². The van der Waals surface area contributed by atoms with Gasteiger partial charge in [-0.25, -0.2) is 0 Å². The molecular formula is C12H26Cu. The van der Waals surface area contributed by atoms with Gasteiger partial charge in [0.25, 0.3) is 0 Å². The smallest absolute Gasteiger partial charge is 0.320 e. The second kappa shape index (κ2) is 15.0. The van der Waals surface area contributed by atoms with E-state index in [1.54, 1.807) is 0 Å². The molecule has 0 amide bonds. The molecule has 0 aromatic carbocycles. The Morgan fingerprint density at radius 3 is 0.923 bits per heavy atom. The van der Waals surface area contributed by atoms with Gasteiger partial charge in [0.2, 0.25) is 0 Å². The Hall–Kier alpha value is 0.519. The standard InChI is InChI=1S/2C6H13.Cu/c2*1-4-5-6(2)3;/h2*4-5H2,1-3H3;/q2*-1;+2. The molecule has 0 atom stereocenters. The molecule has 0 aliphatic carbocycles. The van der Waals surface area contributed by atoms with Crippen LogP contribution in [0.3, 0.4) is 0 Å². The summed E-state index contributed by atoms with van der Waals surface area (Å²) in [6.07, 6.45) is 5.17. The largest absolute Gasteiger partial charge is 2.00 e. The number of rotatable bonds is 4. The maximum absolute atomic E-state index is 2.20. The molecule has 1 radical (unpaired) electrons. The maximum Gasteiger partial charge on any atom is 2.00 e. The Morgan fingerprint density at radius 2 is 0.923 bits per heavy atom. The molecule has 0 aromatic rings. The Bertz CT molecular complexity index is 57.5. The van der Waals surface area contributed by atoms with Crippen LogP contribution in [0.15, 0.2) is 0 Å². The van der Waals surface area contributed by atoms with Crippen LogP contribution in [0.5, 0.6) is 0 Å². The molecule has 85 valence electrons. The first-order valence-electron chi connectivity index (χ1n) is 5.12. The van der Waals surface area contributed by atoms with Gasteiger partial charge in [0.05, 0.1) is 0 Å². The molecule has 0 saturated heterocycles. The van der Waals surface area contributed by atoms with E-state index in [1.807, 2.05) is 0 Å². The number of hydrogen-bond donors (Lipinski definition) is 0. The van der Waals surface area contributed by atoms with E-state index in [4.69, 9.17) is 0 Å². The maximum atomic E-state index is 2.20. The van der Waals surface area contributed by atoms with Crippen molar-refractivity contribution in [2.75, 3.05) is 0 Å². The molecule has 0 heterocycles. The molecule has 1 heteroatoms. The molecule has 0 nitrogen and oxygen atoms in total. The van der Waals surface area contributed by atoms with Crippen molar-refractivity contribution in [3.63, 3.8) is 0 Å². The molecule has 0 fully saturated rings. The van der Waals surface area contributed by atoms with E-state index in [0.29, 0.717) is 0 Å². The van der Waals surface area contributed by atoms with Gasteiger partial charge in [-0.2, -0.15) is 40.5 Å². The molecular weight excluding hydrogens is 208 g/mol. The molecule has 13 heavy (non-hydrogen) atoms. The summed E-state index contributed by atoms with van der Waals surface area (Å²) in [5.74, 6) is 3.08. The van der Waals surface area contributed by atoms with Gasteiger partial charge in [-0.3, -0.25) is 0 Å². The van der Waals surface area contributed by atoms with Crippen LogP contribution in [0.25, 0.3) is 0 Å². The minimum atomic E-state index is 0. The summed E-state index contributed by atoms with van der Waals surface area (Å²) in [6.45, 7) is 13.1. The fraction of sp³-hybridized carbons (Fsp3) is 0.833. The van der Waals surface area contributed by atoms with Crippen LogP contribution in [0.2, 0.25) is 0 Å². The summed E-state index contributed by atoms with van der Waals surface area (Å²) in [7, 11) is 0. The van der Waals surface area contributed by atoms with E-state index in [-0.39, 0.29) is 17.1 Å². The molecule has 0 N–H and O–H groups in total. The molecule has 0 aliphatic rings. The fourth-order valence-corrected chi connectivity index (χ4v) is 1.000. The zero-order valence-corrected chi connectivity index (χ0v) is 11.1. The van der Waals surface area contributed by atoms with Crippen LogP contribution in [-0.2, 0) is 17.1 Å². The van der Waals surface area contributed by atoms with Crippen molar-refractivity contribution < 1.29 is 17.1 Å². The quantitative estimate of drug-likeness (QED) is 0.484. The Labute approximate surface area is 96.4 Å². The Balaban J connectivity index is -0.000000143. The second-order valence-electron chi connectivity index (χ2n) is 3.91. The second-order valence-corrected chi connectivity index (χ2v) is 3.91. The zero-order valence-electron chi connectivity index (χ0n) is 10.1. The van der Waals surface area contributed by atoms with Crippen molar-refractivity contribution in [2.24, 2.45) is 0 Å². The van der Waals surface area contributed by atoms with Crippen LogP contribution in [0.1, 0.15) is 67.2 Å². The van der Waals surface area contributed by atoms with Gasteiger partial charge in [-0.15, -0.1) is 0 Å². The summed E-state index contributed by atoms with van der Waals surface area (Å²) in [5.41, 5.74) is 0. The summed E-state index contributed by atoms with van der Waals surface area (Å²) < 4.78 is 0. The van der Waals surface area contributed by atoms with Crippen LogP contribution in [-0.4, -0.2) is 0 Å². The van der Waals surface area contributed by atoms with Gasteiger partial charge in [-0.05, 0) is 0 Å². The minimum Gasteiger partial charge on any atom is -0.320 e. The summed E-state index contributed by atoms with van der Waals surface area (Å²) in [4.78, 5) is 0. The van der Waals surface area contributed by atoms with E-state index in [0.717, 1.165) is 0 Å². The van der Waals surface area contributed by atoms with Crippen molar-refractivity contribution in [1.82, 2.24) is 0 Å². The van der Waals surface area contributed by atoms with E-state index < -0.39 is 0 Å². The van der Waals surface area contributed by atoms with Gasteiger partial charge in [0.1, 0.15) is 0 Å². The predicted octanol–water partition coefficient (Wildman–Crippen LogP) is 4.80. The molecule has 0 bridgehead atoms. The average Bonchev–Trinajstić information content (AvgIpc) is 1.87. The Kier molecular flexibility index (Phi) is 22.1. The molecule has 0 unspecified atom stereocenters. The Morgan fingerprint density at radius 1 is 0.692 bits per heavy atom. The molecule has 0 spiro atoms. The van der Waals surface area contributed by atoms with Crippen LogP contribution >= 0.6 is 0 Å². The van der Waals surface area contributed by atoms with E-state index in [1.165, 1.54) is 37.5 Å². The van der Waals surface area contributed by atoms with Gasteiger partial charge in [0.15, 0.2) is 0 Å². The van der Waals surface area contributed by atoms with Crippen molar-refractivity contribution in [3.05, 3.63) is 11.8 Å². The first-order chi connectivity index (χ1) is 5.54. The number of hydrogen-bond acceptors (Lipinski definition) is 0.